The first-order valence-corrected chi connectivity index (χ1v) is 6.22. The number of nitrogens with zero attached hydrogens (tertiary/aromatic N) is 3. The number of benzene rings is 1. The highest BCUT2D eigenvalue weighted by Gasteiger charge is 2.24. The van der Waals surface area contributed by atoms with Crippen molar-refractivity contribution in [3.8, 4) is 0 Å². The largest absolute Gasteiger partial charge is 0.359 e. The number of hydrazine groups is 1. The molecular formula is C13H17N5. The molecule has 18 heavy (non-hydrogen) atoms. The van der Waals surface area contributed by atoms with Crippen molar-refractivity contribution in [1.29, 1.82) is 0 Å². The van der Waals surface area contributed by atoms with Crippen LogP contribution in [0, 0.1) is 5.92 Å². The van der Waals surface area contributed by atoms with Crippen LogP contribution < -0.4 is 16.2 Å². The number of aromatic nitrogens is 2. The molecule has 3 N–H and O–H groups in total. The summed E-state index contributed by atoms with van der Waals surface area (Å²) in [5, 5.41) is 1.07. The maximum Gasteiger partial charge on any atom is 0.239 e. The van der Waals surface area contributed by atoms with Crippen LogP contribution in [0.4, 0.5) is 11.8 Å². The molecule has 1 aromatic carbocycles. The molecule has 1 heterocycles. The molecule has 0 saturated heterocycles. The highest BCUT2D eigenvalue weighted by atomic mass is 15.3. The van der Waals surface area contributed by atoms with Gasteiger partial charge in [0.05, 0.1) is 5.52 Å². The molecule has 2 aromatic rings. The van der Waals surface area contributed by atoms with Gasteiger partial charge in [0.2, 0.25) is 5.95 Å². The summed E-state index contributed by atoms with van der Waals surface area (Å²) in [4.78, 5) is 11.0. The number of hydrogen-bond donors (Lipinski definition) is 2. The van der Waals surface area contributed by atoms with E-state index in [2.05, 4.69) is 27.3 Å². The summed E-state index contributed by atoms with van der Waals surface area (Å²) < 4.78 is 0. The minimum absolute atomic E-state index is 0.464. The van der Waals surface area contributed by atoms with E-state index in [1.54, 1.807) is 0 Å². The number of anilines is 2. The summed E-state index contributed by atoms with van der Waals surface area (Å²) in [5.74, 6) is 7.66. The Labute approximate surface area is 106 Å². The summed E-state index contributed by atoms with van der Waals surface area (Å²) >= 11 is 0. The smallest absolute Gasteiger partial charge is 0.239 e. The predicted molar refractivity (Wildman–Crippen MR) is 73.3 cm³/mol. The first-order valence-electron chi connectivity index (χ1n) is 6.22. The average molecular weight is 243 g/mol. The van der Waals surface area contributed by atoms with Crippen LogP contribution >= 0.6 is 0 Å². The van der Waals surface area contributed by atoms with E-state index in [4.69, 9.17) is 5.84 Å². The van der Waals surface area contributed by atoms with Crippen LogP contribution in [-0.4, -0.2) is 23.6 Å². The second-order valence-electron chi connectivity index (χ2n) is 4.86. The monoisotopic (exact) mass is 243 g/mol. The second kappa shape index (κ2) is 4.42. The molecular weight excluding hydrogens is 226 g/mol. The Morgan fingerprint density at radius 1 is 1.33 bits per heavy atom. The van der Waals surface area contributed by atoms with Crippen LogP contribution in [0.2, 0.25) is 0 Å². The Bertz CT molecular complexity index is 564. The standard InChI is InChI=1S/C13H17N5/c1-18(8-9-6-7-9)12-10-4-2-3-5-11(10)15-13(16-12)17-14/h2-5,9H,6-8,14H2,1H3,(H,15,16,17). The van der Waals surface area contributed by atoms with Crippen LogP contribution in [-0.2, 0) is 0 Å². The van der Waals surface area contributed by atoms with E-state index >= 15 is 0 Å². The number of nitrogens with two attached hydrogens (primary N) is 1. The number of nitrogens with one attached hydrogen (secondary N) is 1. The minimum Gasteiger partial charge on any atom is -0.359 e. The van der Waals surface area contributed by atoms with Crippen molar-refractivity contribution >= 4 is 22.7 Å². The molecule has 3 rings (SSSR count). The Hall–Kier alpha value is -1.88. The number of fused-ring (bicyclic) bond motifs is 1. The van der Waals surface area contributed by atoms with E-state index in [9.17, 15) is 0 Å². The summed E-state index contributed by atoms with van der Waals surface area (Å²) in [6.45, 7) is 1.05. The van der Waals surface area contributed by atoms with Crippen LogP contribution in [0.15, 0.2) is 24.3 Å². The molecule has 0 spiro atoms. The fraction of sp³-hybridized carbons (Fsp3) is 0.385. The van der Waals surface area contributed by atoms with Crippen molar-refractivity contribution in [3.05, 3.63) is 24.3 Å². The van der Waals surface area contributed by atoms with Gasteiger partial charge in [-0.05, 0) is 30.9 Å². The third-order valence-corrected chi connectivity index (χ3v) is 3.30. The van der Waals surface area contributed by atoms with E-state index in [1.165, 1.54) is 12.8 Å². The Balaban J connectivity index is 2.06. The summed E-state index contributed by atoms with van der Waals surface area (Å²) in [5.41, 5.74) is 3.45. The Morgan fingerprint density at radius 2 is 2.11 bits per heavy atom. The topological polar surface area (TPSA) is 67.1 Å². The van der Waals surface area contributed by atoms with Crippen LogP contribution in [0.25, 0.3) is 10.9 Å². The van der Waals surface area contributed by atoms with Gasteiger partial charge in [-0.15, -0.1) is 0 Å². The van der Waals surface area contributed by atoms with Crippen LogP contribution in [0.3, 0.4) is 0 Å². The van der Waals surface area contributed by atoms with Gasteiger partial charge in [-0.25, -0.2) is 10.8 Å². The Kier molecular flexibility index (Phi) is 2.76. The van der Waals surface area contributed by atoms with Gasteiger partial charge >= 0.3 is 0 Å². The van der Waals surface area contributed by atoms with E-state index in [-0.39, 0.29) is 0 Å². The zero-order valence-corrected chi connectivity index (χ0v) is 10.4. The van der Waals surface area contributed by atoms with Crippen molar-refractivity contribution in [2.24, 2.45) is 11.8 Å². The predicted octanol–water partition coefficient (Wildman–Crippen LogP) is 1.76. The maximum atomic E-state index is 5.43. The lowest BCUT2D eigenvalue weighted by Crippen LogP contribution is -2.22. The first-order chi connectivity index (χ1) is 8.78. The van der Waals surface area contributed by atoms with E-state index in [1.807, 2.05) is 24.3 Å². The van der Waals surface area contributed by atoms with E-state index < -0.39 is 0 Å². The number of hydrogen-bond acceptors (Lipinski definition) is 5. The van der Waals surface area contributed by atoms with Gasteiger partial charge in [-0.2, -0.15) is 4.98 Å². The molecule has 0 amide bonds. The lowest BCUT2D eigenvalue weighted by molar-refractivity contribution is 0.779. The third-order valence-electron chi connectivity index (χ3n) is 3.30. The van der Waals surface area contributed by atoms with E-state index in [0.717, 1.165) is 29.2 Å². The highest BCUT2D eigenvalue weighted by Crippen LogP contribution is 2.32. The average Bonchev–Trinajstić information content (AvgIpc) is 3.21. The maximum absolute atomic E-state index is 5.43. The molecule has 1 fully saturated rings. The lowest BCUT2D eigenvalue weighted by Gasteiger charge is -2.20. The van der Waals surface area contributed by atoms with Gasteiger partial charge < -0.3 is 4.90 Å². The molecule has 5 nitrogen and oxygen atoms in total. The zero-order chi connectivity index (χ0) is 12.5. The van der Waals surface area contributed by atoms with Gasteiger partial charge in [0, 0.05) is 19.0 Å². The van der Waals surface area contributed by atoms with Gasteiger partial charge in [-0.3, -0.25) is 5.43 Å². The Morgan fingerprint density at radius 3 is 2.83 bits per heavy atom. The molecule has 5 heteroatoms. The molecule has 94 valence electrons. The molecule has 0 bridgehead atoms. The van der Waals surface area contributed by atoms with Gasteiger partial charge in [-0.1, -0.05) is 12.1 Å². The number of para-hydroxylation sites is 1. The van der Waals surface area contributed by atoms with Gasteiger partial charge in [0.1, 0.15) is 5.82 Å². The quantitative estimate of drug-likeness (QED) is 0.632. The molecule has 1 aliphatic rings. The van der Waals surface area contributed by atoms with Gasteiger partial charge in [0.15, 0.2) is 0 Å². The SMILES string of the molecule is CN(CC1CC1)c1nc(NN)nc2ccccc12. The third kappa shape index (κ3) is 2.09. The number of nitrogen functional groups attached to an aromatic ring is 1. The lowest BCUT2D eigenvalue weighted by atomic mass is 10.2. The molecule has 0 atom stereocenters. The normalized spacial score (nSPS) is 14.8. The van der Waals surface area contributed by atoms with Crippen LogP contribution in [0.1, 0.15) is 12.8 Å². The summed E-state index contributed by atoms with van der Waals surface area (Å²) in [6.07, 6.45) is 2.66. The van der Waals surface area contributed by atoms with Crippen molar-refractivity contribution < 1.29 is 0 Å². The van der Waals surface area contributed by atoms with Gasteiger partial charge in [0.25, 0.3) is 0 Å². The fourth-order valence-electron chi connectivity index (χ4n) is 2.19. The fourth-order valence-corrected chi connectivity index (χ4v) is 2.19. The molecule has 0 unspecified atom stereocenters. The van der Waals surface area contributed by atoms with Crippen molar-refractivity contribution in [2.75, 3.05) is 23.9 Å². The molecule has 1 saturated carbocycles. The van der Waals surface area contributed by atoms with Crippen molar-refractivity contribution in [3.63, 3.8) is 0 Å². The van der Waals surface area contributed by atoms with Crippen molar-refractivity contribution in [2.45, 2.75) is 12.8 Å². The summed E-state index contributed by atoms with van der Waals surface area (Å²) in [7, 11) is 2.08. The molecule has 1 aromatic heterocycles. The zero-order valence-electron chi connectivity index (χ0n) is 10.4. The highest BCUT2D eigenvalue weighted by molar-refractivity contribution is 5.90. The number of rotatable bonds is 4. The second-order valence-corrected chi connectivity index (χ2v) is 4.86. The minimum atomic E-state index is 0.464. The van der Waals surface area contributed by atoms with Crippen LogP contribution in [0.5, 0.6) is 0 Å². The first kappa shape index (κ1) is 11.2. The van der Waals surface area contributed by atoms with Crippen molar-refractivity contribution in [1.82, 2.24) is 9.97 Å². The molecule has 0 aliphatic heterocycles. The molecule has 0 radical (unpaired) electrons. The molecule has 1 aliphatic carbocycles. The van der Waals surface area contributed by atoms with E-state index in [0.29, 0.717) is 5.95 Å². The summed E-state index contributed by atoms with van der Waals surface area (Å²) in [6, 6.07) is 8.01.